The van der Waals surface area contributed by atoms with Crippen LogP contribution in [0, 0.1) is 6.92 Å². The fourth-order valence-corrected chi connectivity index (χ4v) is 2.48. The summed E-state index contributed by atoms with van der Waals surface area (Å²) in [6, 6.07) is 11.2. The summed E-state index contributed by atoms with van der Waals surface area (Å²) in [6.07, 6.45) is 2.04. The molecule has 2 rings (SSSR count). The molecule has 0 aliphatic carbocycles. The lowest BCUT2D eigenvalue weighted by atomic mass is 10.1. The molecule has 128 valence electrons. The number of nitrogens with one attached hydrogen (secondary N) is 1. The molecule has 0 aliphatic heterocycles. The maximum absolute atomic E-state index is 12.7. The van der Waals surface area contributed by atoms with Crippen LogP contribution in [0.1, 0.15) is 24.5 Å². The van der Waals surface area contributed by atoms with Crippen LogP contribution in [0.15, 0.2) is 42.6 Å². The number of aliphatic hydroxyl groups is 1. The summed E-state index contributed by atoms with van der Waals surface area (Å²) in [5.41, 5.74) is 2.42. The Morgan fingerprint density at radius 1 is 1.38 bits per heavy atom. The van der Waals surface area contributed by atoms with Gasteiger partial charge in [-0.3, -0.25) is 0 Å². The number of nitrogens with zero attached hydrogens (tertiary/aromatic N) is 2. The Balaban J connectivity index is 2.15. The minimum atomic E-state index is -0.233. The molecule has 1 heterocycles. The number of carbonyl (C=O) groups is 1. The number of urea groups is 1. The predicted molar refractivity (Wildman–Crippen MR) is 96.2 cm³/mol. The van der Waals surface area contributed by atoms with Crippen molar-refractivity contribution in [1.82, 2.24) is 9.88 Å². The first-order valence-electron chi connectivity index (χ1n) is 7.86. The van der Waals surface area contributed by atoms with Crippen molar-refractivity contribution in [2.75, 3.05) is 11.9 Å². The van der Waals surface area contributed by atoms with E-state index in [1.54, 1.807) is 11.0 Å². The lowest BCUT2D eigenvalue weighted by Crippen LogP contribution is -2.41. The zero-order chi connectivity index (χ0) is 17.5. The van der Waals surface area contributed by atoms with Gasteiger partial charge in [0.1, 0.15) is 5.15 Å². The third kappa shape index (κ3) is 4.94. The number of aliphatic hydroxyl groups excluding tert-OH is 1. The molecule has 24 heavy (non-hydrogen) atoms. The summed E-state index contributed by atoms with van der Waals surface area (Å²) in [6.45, 7) is 4.25. The molecular weight excluding hydrogens is 326 g/mol. The second kappa shape index (κ2) is 8.66. The van der Waals surface area contributed by atoms with E-state index in [0.717, 1.165) is 11.1 Å². The van der Waals surface area contributed by atoms with Crippen LogP contribution in [-0.4, -0.2) is 33.7 Å². The van der Waals surface area contributed by atoms with Crippen molar-refractivity contribution in [2.24, 2.45) is 0 Å². The molecular formula is C18H22ClN3O2. The van der Waals surface area contributed by atoms with Gasteiger partial charge in [-0.15, -0.1) is 0 Å². The lowest BCUT2D eigenvalue weighted by molar-refractivity contribution is 0.169. The average Bonchev–Trinajstić information content (AvgIpc) is 2.57. The summed E-state index contributed by atoms with van der Waals surface area (Å²) in [7, 11) is 0. The van der Waals surface area contributed by atoms with Gasteiger partial charge < -0.3 is 15.3 Å². The first-order chi connectivity index (χ1) is 11.5. The average molecular weight is 348 g/mol. The number of amides is 2. The van der Waals surface area contributed by atoms with Gasteiger partial charge in [-0.2, -0.15) is 0 Å². The van der Waals surface area contributed by atoms with Crippen LogP contribution in [0.3, 0.4) is 0 Å². The van der Waals surface area contributed by atoms with Gasteiger partial charge in [0.15, 0.2) is 0 Å². The summed E-state index contributed by atoms with van der Waals surface area (Å²) in [5, 5.41) is 12.5. The third-order valence-electron chi connectivity index (χ3n) is 3.80. The molecule has 0 aliphatic rings. The fraction of sp³-hybridized carbons (Fsp3) is 0.333. The molecule has 0 fully saturated rings. The number of carbonyl (C=O) groups excluding carboxylic acids is 1. The molecule has 2 aromatic rings. The number of aromatic nitrogens is 1. The molecule has 0 saturated heterocycles. The molecule has 0 saturated carbocycles. The number of benzene rings is 1. The van der Waals surface area contributed by atoms with Crippen molar-refractivity contribution in [1.29, 1.82) is 0 Å². The van der Waals surface area contributed by atoms with E-state index in [2.05, 4.69) is 10.3 Å². The molecule has 0 bridgehead atoms. The molecule has 5 nitrogen and oxygen atoms in total. The highest BCUT2D eigenvalue weighted by atomic mass is 35.5. The molecule has 1 unspecified atom stereocenters. The van der Waals surface area contributed by atoms with E-state index < -0.39 is 0 Å². The molecule has 1 aromatic carbocycles. The van der Waals surface area contributed by atoms with Gasteiger partial charge >= 0.3 is 6.03 Å². The molecule has 1 atom stereocenters. The van der Waals surface area contributed by atoms with Gasteiger partial charge in [-0.1, -0.05) is 41.9 Å². The van der Waals surface area contributed by atoms with E-state index in [1.165, 1.54) is 6.20 Å². The number of anilines is 1. The van der Waals surface area contributed by atoms with Crippen molar-refractivity contribution in [3.63, 3.8) is 0 Å². The molecule has 2 N–H and O–H groups in total. The quantitative estimate of drug-likeness (QED) is 0.780. The second-order valence-corrected chi connectivity index (χ2v) is 6.09. The monoisotopic (exact) mass is 347 g/mol. The van der Waals surface area contributed by atoms with Crippen molar-refractivity contribution in [3.8, 4) is 0 Å². The van der Waals surface area contributed by atoms with Crippen molar-refractivity contribution in [3.05, 3.63) is 58.9 Å². The largest absolute Gasteiger partial charge is 0.396 e. The third-order valence-corrected chi connectivity index (χ3v) is 4.20. The maximum Gasteiger partial charge on any atom is 0.322 e. The van der Waals surface area contributed by atoms with Gasteiger partial charge in [0.2, 0.25) is 0 Å². The van der Waals surface area contributed by atoms with Crippen molar-refractivity contribution < 1.29 is 9.90 Å². The number of pyridine rings is 1. The molecule has 6 heteroatoms. The highest BCUT2D eigenvalue weighted by Gasteiger charge is 2.20. The molecule has 1 aromatic heterocycles. The first-order valence-corrected chi connectivity index (χ1v) is 8.23. The van der Waals surface area contributed by atoms with Crippen LogP contribution in [0.4, 0.5) is 10.5 Å². The van der Waals surface area contributed by atoms with Crippen molar-refractivity contribution >= 4 is 23.3 Å². The summed E-state index contributed by atoms with van der Waals surface area (Å²) >= 11 is 5.92. The van der Waals surface area contributed by atoms with Gasteiger partial charge in [0.25, 0.3) is 0 Å². The predicted octanol–water partition coefficient (Wildman–Crippen LogP) is 3.85. The number of aryl methyl sites for hydroxylation is 1. The molecule has 0 spiro atoms. The second-order valence-electron chi connectivity index (χ2n) is 5.74. The lowest BCUT2D eigenvalue weighted by Gasteiger charge is -2.29. The van der Waals surface area contributed by atoms with Gasteiger partial charge in [0.05, 0.1) is 11.9 Å². The van der Waals surface area contributed by atoms with Gasteiger partial charge in [0, 0.05) is 19.2 Å². The normalized spacial score (nSPS) is 11.8. The Morgan fingerprint density at radius 2 is 2.08 bits per heavy atom. The Hall–Kier alpha value is -2.11. The van der Waals surface area contributed by atoms with Crippen LogP contribution >= 0.6 is 11.6 Å². The van der Waals surface area contributed by atoms with E-state index in [0.29, 0.717) is 23.8 Å². The minimum absolute atomic E-state index is 0.0291. The topological polar surface area (TPSA) is 65.5 Å². The highest BCUT2D eigenvalue weighted by molar-refractivity contribution is 6.30. The van der Waals surface area contributed by atoms with E-state index in [4.69, 9.17) is 11.6 Å². The minimum Gasteiger partial charge on any atom is -0.396 e. The SMILES string of the molecule is Cc1cc(NC(=O)N(Cc2ccccc2)C(C)CCO)cnc1Cl. The number of hydrogen-bond acceptors (Lipinski definition) is 3. The maximum atomic E-state index is 12.7. The van der Waals surface area contributed by atoms with Crippen LogP contribution in [-0.2, 0) is 6.54 Å². The van der Waals surface area contributed by atoms with Gasteiger partial charge in [-0.05, 0) is 37.5 Å². The summed E-state index contributed by atoms with van der Waals surface area (Å²) < 4.78 is 0. The highest BCUT2D eigenvalue weighted by Crippen LogP contribution is 2.18. The zero-order valence-corrected chi connectivity index (χ0v) is 14.6. The summed E-state index contributed by atoms with van der Waals surface area (Å²) in [4.78, 5) is 18.5. The summed E-state index contributed by atoms with van der Waals surface area (Å²) in [5.74, 6) is 0. The Kier molecular flexibility index (Phi) is 6.58. The number of halogens is 1. The molecule has 0 radical (unpaired) electrons. The fourth-order valence-electron chi connectivity index (χ4n) is 2.37. The number of rotatable bonds is 6. The smallest absolute Gasteiger partial charge is 0.322 e. The first kappa shape index (κ1) is 18.2. The van der Waals surface area contributed by atoms with E-state index in [-0.39, 0.29) is 18.7 Å². The Morgan fingerprint density at radius 3 is 2.71 bits per heavy atom. The van der Waals surface area contributed by atoms with Crippen LogP contribution < -0.4 is 5.32 Å². The van der Waals surface area contributed by atoms with Crippen LogP contribution in [0.2, 0.25) is 5.15 Å². The zero-order valence-electron chi connectivity index (χ0n) is 13.9. The Labute approximate surface area is 147 Å². The van der Waals surface area contributed by atoms with Crippen LogP contribution in [0.25, 0.3) is 0 Å². The van der Waals surface area contributed by atoms with Crippen LogP contribution in [0.5, 0.6) is 0 Å². The standard InChI is InChI=1S/C18H22ClN3O2/c1-13-10-16(11-20-17(13)19)21-18(24)22(14(2)8-9-23)12-15-6-4-3-5-7-15/h3-7,10-11,14,23H,8-9,12H2,1-2H3,(H,21,24). The number of hydrogen-bond donors (Lipinski definition) is 2. The van der Waals surface area contributed by atoms with Crippen molar-refractivity contribution in [2.45, 2.75) is 32.9 Å². The van der Waals surface area contributed by atoms with E-state index in [1.807, 2.05) is 44.2 Å². The van der Waals surface area contributed by atoms with E-state index >= 15 is 0 Å². The molecule has 2 amide bonds. The van der Waals surface area contributed by atoms with Gasteiger partial charge in [-0.25, -0.2) is 9.78 Å². The van der Waals surface area contributed by atoms with E-state index in [9.17, 15) is 9.90 Å². The Bertz CT molecular complexity index is 679.